The second-order valence-corrected chi connectivity index (χ2v) is 7.12. The third kappa shape index (κ3) is 1.67. The van der Waals surface area contributed by atoms with Gasteiger partial charge in [-0.25, -0.2) is 0 Å². The Labute approximate surface area is 139 Å². The number of nitrogens with zero attached hydrogens (tertiary/aromatic N) is 1. The van der Waals surface area contributed by atoms with Gasteiger partial charge in [0.1, 0.15) is 0 Å². The molecule has 122 valence electrons. The number of rotatable bonds is 2. The molecule has 2 aromatic rings. The van der Waals surface area contributed by atoms with Crippen LogP contribution < -0.4 is 5.43 Å². The first-order valence-corrected chi connectivity index (χ1v) is 8.29. The van der Waals surface area contributed by atoms with Crippen molar-refractivity contribution in [2.24, 2.45) is 11.8 Å². The summed E-state index contributed by atoms with van der Waals surface area (Å²) in [4.78, 5) is 12.4. The average Bonchev–Trinajstić information content (AvgIpc) is 3.36. The van der Waals surface area contributed by atoms with E-state index in [9.17, 15) is 15.0 Å². The number of carbonyl (C=O) groups excluding carboxylic acids is 1. The molecule has 24 heavy (non-hydrogen) atoms. The zero-order valence-electron chi connectivity index (χ0n) is 13.2. The van der Waals surface area contributed by atoms with Gasteiger partial charge in [0.2, 0.25) is 11.8 Å². The van der Waals surface area contributed by atoms with Crippen LogP contribution in [0.15, 0.2) is 36.4 Å². The standard InChI is InChI=1S/C19H18N2O3/c1-9-2-4-10(5-3-9)17(22)20-21-18(23)15-11-6-7-12(14-8-13(11)14)16(15)19(21)24/h2-7,11-14,23-24H,8H2,1H3,(H,20,22). The first-order chi connectivity index (χ1) is 11.6. The second-order valence-electron chi connectivity index (χ2n) is 7.12. The van der Waals surface area contributed by atoms with Crippen LogP contribution in [0, 0.1) is 18.8 Å². The number of allylic oxidation sites excluding steroid dienone is 2. The fourth-order valence-corrected chi connectivity index (χ4v) is 4.42. The van der Waals surface area contributed by atoms with Crippen molar-refractivity contribution in [2.75, 3.05) is 5.43 Å². The van der Waals surface area contributed by atoms with Gasteiger partial charge in [-0.15, -0.1) is 0 Å². The van der Waals surface area contributed by atoms with E-state index >= 15 is 0 Å². The van der Waals surface area contributed by atoms with Crippen LogP contribution in [0.4, 0.5) is 0 Å². The molecule has 4 atom stereocenters. The number of nitrogens with one attached hydrogen (secondary N) is 1. The minimum absolute atomic E-state index is 0.0485. The molecule has 2 bridgehead atoms. The van der Waals surface area contributed by atoms with Crippen molar-refractivity contribution in [1.82, 2.24) is 4.68 Å². The van der Waals surface area contributed by atoms with E-state index in [4.69, 9.17) is 0 Å². The lowest BCUT2D eigenvalue weighted by molar-refractivity contribution is 0.100. The summed E-state index contributed by atoms with van der Waals surface area (Å²) in [5.74, 6) is 0.985. The number of benzene rings is 1. The molecule has 4 aliphatic carbocycles. The van der Waals surface area contributed by atoms with Gasteiger partial charge < -0.3 is 10.2 Å². The molecule has 1 saturated carbocycles. The molecule has 0 saturated heterocycles. The monoisotopic (exact) mass is 322 g/mol. The normalized spacial score (nSPS) is 28.4. The highest BCUT2D eigenvalue weighted by molar-refractivity contribution is 6.00. The highest BCUT2D eigenvalue weighted by Crippen LogP contribution is 2.67. The first kappa shape index (κ1) is 13.7. The quantitative estimate of drug-likeness (QED) is 0.744. The molecule has 4 unspecified atom stereocenters. The van der Waals surface area contributed by atoms with Crippen LogP contribution >= 0.6 is 0 Å². The molecule has 1 aromatic heterocycles. The van der Waals surface area contributed by atoms with Gasteiger partial charge in [0.05, 0.1) is 0 Å². The van der Waals surface area contributed by atoms with Crippen molar-refractivity contribution in [3.05, 3.63) is 58.7 Å². The van der Waals surface area contributed by atoms with Crippen LogP contribution in [0.3, 0.4) is 0 Å². The lowest BCUT2D eigenvalue weighted by Crippen LogP contribution is -2.22. The zero-order valence-corrected chi connectivity index (χ0v) is 13.2. The predicted octanol–water partition coefficient (Wildman–Crippen LogP) is 2.98. The highest BCUT2D eigenvalue weighted by atomic mass is 16.3. The fourth-order valence-electron chi connectivity index (χ4n) is 4.42. The Bertz CT molecular complexity index is 853. The van der Waals surface area contributed by atoms with Crippen molar-refractivity contribution in [2.45, 2.75) is 25.2 Å². The zero-order chi connectivity index (χ0) is 16.6. The Kier molecular flexibility index (Phi) is 2.54. The Morgan fingerprint density at radius 3 is 2.12 bits per heavy atom. The molecule has 0 aliphatic heterocycles. The maximum Gasteiger partial charge on any atom is 0.270 e. The van der Waals surface area contributed by atoms with E-state index in [2.05, 4.69) is 17.6 Å². The van der Waals surface area contributed by atoms with Crippen molar-refractivity contribution in [3.8, 4) is 11.8 Å². The minimum atomic E-state index is -0.363. The van der Waals surface area contributed by atoms with Gasteiger partial charge in [-0.1, -0.05) is 29.8 Å². The molecular formula is C19H18N2O3. The van der Waals surface area contributed by atoms with E-state index in [1.54, 1.807) is 12.1 Å². The van der Waals surface area contributed by atoms with Crippen LogP contribution in [-0.4, -0.2) is 20.8 Å². The summed E-state index contributed by atoms with van der Waals surface area (Å²) in [5, 5.41) is 21.2. The second kappa shape index (κ2) is 4.44. The van der Waals surface area contributed by atoms with Crippen molar-refractivity contribution in [1.29, 1.82) is 0 Å². The molecule has 4 aliphatic rings. The predicted molar refractivity (Wildman–Crippen MR) is 88.9 cm³/mol. The fraction of sp³-hybridized carbons (Fsp3) is 0.316. The summed E-state index contributed by atoms with van der Waals surface area (Å²) >= 11 is 0. The lowest BCUT2D eigenvalue weighted by Gasteiger charge is -2.29. The van der Waals surface area contributed by atoms with Gasteiger partial charge in [0.15, 0.2) is 0 Å². The summed E-state index contributed by atoms with van der Waals surface area (Å²) in [6.45, 7) is 1.95. The highest BCUT2D eigenvalue weighted by Gasteiger charge is 2.57. The van der Waals surface area contributed by atoms with Gasteiger partial charge in [-0.2, -0.15) is 4.68 Å². The lowest BCUT2D eigenvalue weighted by atomic mass is 9.73. The van der Waals surface area contributed by atoms with Gasteiger partial charge in [-0.3, -0.25) is 10.2 Å². The molecular weight excluding hydrogens is 304 g/mol. The number of aromatic nitrogens is 1. The molecule has 3 N–H and O–H groups in total. The SMILES string of the molecule is Cc1ccc(C(=O)Nn2c(O)c3c(c2O)C2C=CC3C3CC23)cc1. The third-order valence-corrected chi connectivity index (χ3v) is 5.73. The van der Waals surface area contributed by atoms with Crippen LogP contribution in [0.2, 0.25) is 0 Å². The van der Waals surface area contributed by atoms with E-state index in [1.165, 1.54) is 0 Å². The number of hydrogen-bond acceptors (Lipinski definition) is 3. The first-order valence-electron chi connectivity index (χ1n) is 8.29. The molecule has 1 fully saturated rings. The average molecular weight is 322 g/mol. The smallest absolute Gasteiger partial charge is 0.270 e. The van der Waals surface area contributed by atoms with E-state index in [1.807, 2.05) is 19.1 Å². The molecule has 0 radical (unpaired) electrons. The third-order valence-electron chi connectivity index (χ3n) is 5.73. The van der Waals surface area contributed by atoms with E-state index in [0.29, 0.717) is 17.4 Å². The summed E-state index contributed by atoms with van der Waals surface area (Å²) in [5.41, 5.74) is 5.73. The number of hydrogen-bond donors (Lipinski definition) is 3. The molecule has 5 heteroatoms. The largest absolute Gasteiger partial charge is 0.493 e. The van der Waals surface area contributed by atoms with Gasteiger partial charge in [0.25, 0.3) is 5.91 Å². The summed E-state index contributed by atoms with van der Waals surface area (Å²) in [6.07, 6.45) is 5.41. The molecule has 1 aromatic carbocycles. The van der Waals surface area contributed by atoms with Crippen molar-refractivity contribution < 1.29 is 15.0 Å². The number of aryl methyl sites for hydroxylation is 1. The number of aromatic hydroxyl groups is 2. The van der Waals surface area contributed by atoms with Crippen LogP contribution in [0.1, 0.15) is 45.3 Å². The Morgan fingerprint density at radius 2 is 1.58 bits per heavy atom. The van der Waals surface area contributed by atoms with Gasteiger partial charge >= 0.3 is 0 Å². The summed E-state index contributed by atoms with van der Waals surface area (Å²) in [7, 11) is 0. The topological polar surface area (TPSA) is 74.5 Å². The van der Waals surface area contributed by atoms with Crippen LogP contribution in [0.25, 0.3) is 0 Å². The Hall–Kier alpha value is -2.69. The van der Waals surface area contributed by atoms with Gasteiger partial charge in [0, 0.05) is 28.5 Å². The van der Waals surface area contributed by atoms with Crippen LogP contribution in [-0.2, 0) is 0 Å². The molecule has 5 nitrogen and oxygen atoms in total. The van der Waals surface area contributed by atoms with Crippen molar-refractivity contribution in [3.63, 3.8) is 0 Å². The number of carbonyl (C=O) groups is 1. The van der Waals surface area contributed by atoms with E-state index < -0.39 is 0 Å². The maximum atomic E-state index is 12.4. The van der Waals surface area contributed by atoms with E-state index in [-0.39, 0.29) is 29.5 Å². The maximum absolute atomic E-state index is 12.4. The Balaban J connectivity index is 1.52. The van der Waals surface area contributed by atoms with Crippen LogP contribution in [0.5, 0.6) is 11.8 Å². The molecule has 0 spiro atoms. The van der Waals surface area contributed by atoms with Gasteiger partial charge in [-0.05, 0) is 37.3 Å². The Morgan fingerprint density at radius 1 is 1.04 bits per heavy atom. The molecule has 1 amide bonds. The minimum Gasteiger partial charge on any atom is -0.493 e. The summed E-state index contributed by atoms with van der Waals surface area (Å²) in [6, 6.07) is 7.16. The number of amides is 1. The molecule has 1 heterocycles. The summed E-state index contributed by atoms with van der Waals surface area (Å²) < 4.78 is 1.13. The molecule has 6 rings (SSSR count). The van der Waals surface area contributed by atoms with Crippen molar-refractivity contribution >= 4 is 5.91 Å². The van der Waals surface area contributed by atoms with E-state index in [0.717, 1.165) is 27.8 Å².